The van der Waals surface area contributed by atoms with Crippen LogP contribution < -0.4 is 10.1 Å². The fourth-order valence-electron chi connectivity index (χ4n) is 1.84. The molecule has 0 aromatic heterocycles. The summed E-state index contributed by atoms with van der Waals surface area (Å²) in [5.74, 6) is 0.825. The van der Waals surface area contributed by atoms with Crippen molar-refractivity contribution in [2.45, 2.75) is 52.1 Å². The molecule has 1 unspecified atom stereocenters. The average Bonchev–Trinajstić information content (AvgIpc) is 2.42. The van der Waals surface area contributed by atoms with Gasteiger partial charge in [0.1, 0.15) is 18.4 Å². The third-order valence-electron chi connectivity index (χ3n) is 2.85. The van der Waals surface area contributed by atoms with Gasteiger partial charge in [-0.1, -0.05) is 25.5 Å². The first kappa shape index (κ1) is 15.5. The highest BCUT2D eigenvalue weighted by Gasteiger charge is 2.09. The van der Waals surface area contributed by atoms with E-state index in [2.05, 4.69) is 30.4 Å². The van der Waals surface area contributed by atoms with Crippen LogP contribution in [0.3, 0.4) is 0 Å². The van der Waals surface area contributed by atoms with Crippen LogP contribution in [0.4, 0.5) is 0 Å². The van der Waals surface area contributed by atoms with Gasteiger partial charge in [0.25, 0.3) is 0 Å². The van der Waals surface area contributed by atoms with E-state index < -0.39 is 0 Å². The lowest BCUT2D eigenvalue weighted by Crippen LogP contribution is -2.37. The van der Waals surface area contributed by atoms with Gasteiger partial charge in [-0.05, 0) is 44.4 Å². The van der Waals surface area contributed by atoms with E-state index in [0.29, 0.717) is 6.61 Å². The van der Waals surface area contributed by atoms with Gasteiger partial charge >= 0.3 is 0 Å². The lowest BCUT2D eigenvalue weighted by molar-refractivity contribution is 0.282. The zero-order chi connectivity index (χ0) is 14.1. The Bertz CT molecular complexity index is 392. The van der Waals surface area contributed by atoms with Crippen molar-refractivity contribution in [2.75, 3.05) is 6.61 Å². The van der Waals surface area contributed by atoms with Crippen LogP contribution in [0.25, 0.3) is 0 Å². The molecule has 3 nitrogen and oxygen atoms in total. The normalized spacial score (nSPS) is 12.2. The van der Waals surface area contributed by atoms with E-state index in [4.69, 9.17) is 10.00 Å². The van der Waals surface area contributed by atoms with Crippen molar-refractivity contribution >= 4 is 0 Å². The van der Waals surface area contributed by atoms with Gasteiger partial charge in [-0.3, -0.25) is 5.32 Å². The van der Waals surface area contributed by atoms with Gasteiger partial charge < -0.3 is 4.74 Å². The molecule has 1 atom stereocenters. The Morgan fingerprint density at radius 1 is 1.26 bits per heavy atom. The number of benzene rings is 1. The number of rotatable bonds is 8. The third-order valence-corrected chi connectivity index (χ3v) is 2.85. The number of nitrogens with zero attached hydrogens (tertiary/aromatic N) is 1. The average molecular weight is 260 g/mol. The lowest BCUT2D eigenvalue weighted by Gasteiger charge is -2.15. The van der Waals surface area contributed by atoms with E-state index in [1.807, 2.05) is 26.0 Å². The Hall–Kier alpha value is -1.53. The van der Waals surface area contributed by atoms with Crippen LogP contribution in [0.5, 0.6) is 5.75 Å². The van der Waals surface area contributed by atoms with Crippen molar-refractivity contribution in [1.29, 1.82) is 5.26 Å². The Balaban J connectivity index is 2.42. The fourth-order valence-corrected chi connectivity index (χ4v) is 1.84. The second kappa shape index (κ2) is 8.55. The van der Waals surface area contributed by atoms with E-state index in [1.165, 1.54) is 18.4 Å². The maximum absolute atomic E-state index is 9.00. The van der Waals surface area contributed by atoms with Crippen molar-refractivity contribution in [1.82, 2.24) is 5.32 Å². The predicted octanol–water partition coefficient (Wildman–Crippen LogP) is 3.30. The molecule has 1 aromatic rings. The highest BCUT2D eigenvalue weighted by atomic mass is 16.5. The zero-order valence-corrected chi connectivity index (χ0v) is 12.1. The van der Waals surface area contributed by atoms with Crippen molar-refractivity contribution in [3.8, 4) is 11.8 Å². The number of nitrogens with one attached hydrogen (secondary N) is 1. The standard InChI is InChI=1S/C16H24N2O/c1-4-5-6-14-7-9-16(10-8-14)19-12-15(11-17)18-13(2)3/h7-10,13,15,18H,4-6,12H2,1-3H3. The Morgan fingerprint density at radius 2 is 1.95 bits per heavy atom. The summed E-state index contributed by atoms with van der Waals surface area (Å²) >= 11 is 0. The lowest BCUT2D eigenvalue weighted by atomic mass is 10.1. The second-order valence-electron chi connectivity index (χ2n) is 5.06. The highest BCUT2D eigenvalue weighted by molar-refractivity contribution is 5.27. The summed E-state index contributed by atoms with van der Waals surface area (Å²) in [5.41, 5.74) is 1.34. The molecule has 0 saturated heterocycles. The van der Waals surface area contributed by atoms with Crippen LogP contribution in [0.1, 0.15) is 39.2 Å². The summed E-state index contributed by atoms with van der Waals surface area (Å²) < 4.78 is 5.63. The molecule has 0 fully saturated rings. The SMILES string of the molecule is CCCCc1ccc(OCC(C#N)NC(C)C)cc1. The van der Waals surface area contributed by atoms with E-state index >= 15 is 0 Å². The Kier molecular flexibility index (Phi) is 6.99. The van der Waals surface area contributed by atoms with Crippen molar-refractivity contribution in [2.24, 2.45) is 0 Å². The van der Waals surface area contributed by atoms with Gasteiger partial charge in [-0.15, -0.1) is 0 Å². The summed E-state index contributed by atoms with van der Waals surface area (Å²) in [4.78, 5) is 0. The van der Waals surface area contributed by atoms with Crippen LogP contribution in [0.2, 0.25) is 0 Å². The van der Waals surface area contributed by atoms with Crippen LogP contribution >= 0.6 is 0 Å². The summed E-state index contributed by atoms with van der Waals surface area (Å²) in [5, 5.41) is 12.2. The molecule has 0 radical (unpaired) electrons. The van der Waals surface area contributed by atoms with Crippen molar-refractivity contribution in [3.05, 3.63) is 29.8 Å². The van der Waals surface area contributed by atoms with Gasteiger partial charge in [0.15, 0.2) is 0 Å². The minimum atomic E-state index is -0.264. The molecule has 0 heterocycles. The van der Waals surface area contributed by atoms with Gasteiger partial charge in [-0.25, -0.2) is 0 Å². The van der Waals surface area contributed by atoms with Crippen molar-refractivity contribution in [3.63, 3.8) is 0 Å². The topological polar surface area (TPSA) is 45.0 Å². The molecule has 104 valence electrons. The van der Waals surface area contributed by atoms with Gasteiger partial charge in [0.05, 0.1) is 6.07 Å². The molecule has 0 spiro atoms. The molecule has 0 amide bonds. The summed E-state index contributed by atoms with van der Waals surface area (Å²) in [6.45, 7) is 6.62. The molecule has 1 N–H and O–H groups in total. The van der Waals surface area contributed by atoms with Crippen LogP contribution in [0.15, 0.2) is 24.3 Å². The summed E-state index contributed by atoms with van der Waals surface area (Å²) in [6, 6.07) is 10.4. The number of aryl methyl sites for hydroxylation is 1. The van der Waals surface area contributed by atoms with Gasteiger partial charge in [0, 0.05) is 6.04 Å². The number of nitriles is 1. The molecular formula is C16H24N2O. The summed E-state index contributed by atoms with van der Waals surface area (Å²) in [6.07, 6.45) is 3.55. The second-order valence-corrected chi connectivity index (χ2v) is 5.06. The van der Waals surface area contributed by atoms with Crippen LogP contribution in [0, 0.1) is 11.3 Å². The third kappa shape index (κ3) is 6.26. The molecular weight excluding hydrogens is 236 g/mol. The summed E-state index contributed by atoms with van der Waals surface area (Å²) in [7, 11) is 0. The largest absolute Gasteiger partial charge is 0.491 e. The number of unbranched alkanes of at least 4 members (excludes halogenated alkanes) is 1. The van der Waals surface area contributed by atoms with E-state index in [0.717, 1.165) is 12.2 Å². The van der Waals surface area contributed by atoms with E-state index in [-0.39, 0.29) is 12.1 Å². The first-order chi connectivity index (χ1) is 9.15. The van der Waals surface area contributed by atoms with E-state index in [1.54, 1.807) is 0 Å². The molecule has 0 aliphatic carbocycles. The maximum Gasteiger partial charge on any atom is 0.130 e. The van der Waals surface area contributed by atoms with Crippen LogP contribution in [-0.2, 0) is 6.42 Å². The monoisotopic (exact) mass is 260 g/mol. The number of hydrogen-bond acceptors (Lipinski definition) is 3. The Labute approximate surface area is 116 Å². The molecule has 0 saturated carbocycles. The molecule has 3 heteroatoms. The first-order valence-electron chi connectivity index (χ1n) is 7.03. The first-order valence-corrected chi connectivity index (χ1v) is 7.03. The highest BCUT2D eigenvalue weighted by Crippen LogP contribution is 2.14. The molecule has 1 aromatic carbocycles. The molecule has 0 aliphatic rings. The number of hydrogen-bond donors (Lipinski definition) is 1. The van der Waals surface area contributed by atoms with Crippen molar-refractivity contribution < 1.29 is 4.74 Å². The smallest absolute Gasteiger partial charge is 0.130 e. The molecule has 1 rings (SSSR count). The van der Waals surface area contributed by atoms with Gasteiger partial charge in [0.2, 0.25) is 0 Å². The minimum Gasteiger partial charge on any atom is -0.491 e. The number of ether oxygens (including phenoxy) is 1. The molecule has 0 bridgehead atoms. The predicted molar refractivity (Wildman–Crippen MR) is 78.2 cm³/mol. The fraction of sp³-hybridized carbons (Fsp3) is 0.562. The minimum absolute atomic E-state index is 0.264. The molecule has 0 aliphatic heterocycles. The zero-order valence-electron chi connectivity index (χ0n) is 12.1. The van der Waals surface area contributed by atoms with E-state index in [9.17, 15) is 0 Å². The molecule has 19 heavy (non-hydrogen) atoms. The van der Waals surface area contributed by atoms with Gasteiger partial charge in [-0.2, -0.15) is 5.26 Å². The quantitative estimate of drug-likeness (QED) is 0.780. The maximum atomic E-state index is 9.00. The Morgan fingerprint density at radius 3 is 2.47 bits per heavy atom. The van der Waals surface area contributed by atoms with Crippen LogP contribution in [-0.4, -0.2) is 18.7 Å².